The molecular weight excluding hydrogens is 253 g/mol. The summed E-state index contributed by atoms with van der Waals surface area (Å²) in [6.45, 7) is 0.791. The second-order valence-electron chi connectivity index (χ2n) is 4.93. The van der Waals surface area contributed by atoms with Crippen molar-refractivity contribution < 1.29 is 18.3 Å². The maximum absolute atomic E-state index is 14.0. The Morgan fingerprint density at radius 3 is 2.47 bits per heavy atom. The SMILES string of the molecule is CC1(F)CC=C(C2(C(F)F)CC2)C(CO)=C1Cl. The number of aliphatic hydroxyl groups excluding tert-OH is 1. The predicted octanol–water partition coefficient (Wildman–Crippen LogP) is 3.58. The Bertz CT molecular complexity index is 395. The van der Waals surface area contributed by atoms with Gasteiger partial charge >= 0.3 is 0 Å². The smallest absolute Gasteiger partial charge is 0.248 e. The van der Waals surface area contributed by atoms with Gasteiger partial charge in [-0.3, -0.25) is 0 Å². The average Bonchev–Trinajstić information content (AvgIpc) is 3.03. The van der Waals surface area contributed by atoms with Crippen molar-refractivity contribution in [2.24, 2.45) is 5.41 Å². The molecule has 1 fully saturated rings. The topological polar surface area (TPSA) is 20.2 Å². The zero-order valence-corrected chi connectivity index (χ0v) is 10.2. The van der Waals surface area contributed by atoms with E-state index in [2.05, 4.69) is 0 Å². The largest absolute Gasteiger partial charge is 0.392 e. The molecule has 2 aliphatic rings. The number of hydrogen-bond donors (Lipinski definition) is 1. The van der Waals surface area contributed by atoms with Crippen LogP contribution in [0, 0.1) is 5.41 Å². The molecule has 1 N–H and O–H groups in total. The van der Waals surface area contributed by atoms with Crippen LogP contribution in [-0.2, 0) is 0 Å². The van der Waals surface area contributed by atoms with Crippen LogP contribution >= 0.6 is 11.6 Å². The summed E-state index contributed by atoms with van der Waals surface area (Å²) in [5.41, 5.74) is -2.48. The lowest BCUT2D eigenvalue weighted by Crippen LogP contribution is -2.28. The Kier molecular flexibility index (Phi) is 3.07. The van der Waals surface area contributed by atoms with Gasteiger partial charge in [0, 0.05) is 6.42 Å². The molecule has 0 bridgehead atoms. The molecule has 0 aromatic carbocycles. The lowest BCUT2D eigenvalue weighted by molar-refractivity contribution is 0.0803. The van der Waals surface area contributed by atoms with E-state index in [0.29, 0.717) is 18.4 Å². The van der Waals surface area contributed by atoms with Crippen LogP contribution in [0.5, 0.6) is 0 Å². The van der Waals surface area contributed by atoms with E-state index >= 15 is 0 Å². The van der Waals surface area contributed by atoms with Crippen LogP contribution in [0.25, 0.3) is 0 Å². The number of allylic oxidation sites excluding steroid dienone is 2. The Labute approximate surface area is 103 Å². The van der Waals surface area contributed by atoms with Gasteiger partial charge in [0.05, 0.1) is 17.1 Å². The van der Waals surface area contributed by atoms with Crippen molar-refractivity contribution in [1.82, 2.24) is 0 Å². The van der Waals surface area contributed by atoms with Crippen LogP contribution in [0.3, 0.4) is 0 Å². The molecule has 5 heteroatoms. The number of alkyl halides is 3. The van der Waals surface area contributed by atoms with Gasteiger partial charge in [-0.05, 0) is 30.9 Å². The third-order valence-corrected chi connectivity index (χ3v) is 4.26. The third kappa shape index (κ3) is 1.91. The van der Waals surface area contributed by atoms with Gasteiger partial charge in [-0.15, -0.1) is 0 Å². The van der Waals surface area contributed by atoms with Crippen LogP contribution in [0.1, 0.15) is 26.2 Å². The average molecular weight is 267 g/mol. The van der Waals surface area contributed by atoms with Crippen molar-refractivity contribution in [2.75, 3.05) is 6.61 Å². The summed E-state index contributed by atoms with van der Waals surface area (Å²) >= 11 is 5.87. The number of rotatable bonds is 3. The summed E-state index contributed by atoms with van der Waals surface area (Å²) in [5.74, 6) is 0. The highest BCUT2D eigenvalue weighted by Crippen LogP contribution is 2.60. The number of halogens is 4. The highest BCUT2D eigenvalue weighted by molar-refractivity contribution is 6.31. The molecule has 0 heterocycles. The maximum atomic E-state index is 14.0. The van der Waals surface area contributed by atoms with Crippen molar-refractivity contribution in [2.45, 2.75) is 38.3 Å². The Balaban J connectivity index is 2.41. The summed E-state index contributed by atoms with van der Waals surface area (Å²) < 4.78 is 40.0. The minimum absolute atomic E-state index is 0.0147. The van der Waals surface area contributed by atoms with Crippen LogP contribution in [0.4, 0.5) is 13.2 Å². The van der Waals surface area contributed by atoms with Crippen molar-refractivity contribution in [1.29, 1.82) is 0 Å². The van der Waals surface area contributed by atoms with Gasteiger partial charge in [-0.1, -0.05) is 17.7 Å². The molecule has 1 unspecified atom stereocenters. The van der Waals surface area contributed by atoms with Crippen LogP contribution in [0.2, 0.25) is 0 Å². The fourth-order valence-corrected chi connectivity index (χ4v) is 2.58. The fourth-order valence-electron chi connectivity index (χ4n) is 2.34. The monoisotopic (exact) mass is 266 g/mol. The highest BCUT2D eigenvalue weighted by Gasteiger charge is 2.56. The van der Waals surface area contributed by atoms with E-state index in [9.17, 15) is 18.3 Å². The standard InChI is InChI=1S/C12H14ClF3O/c1-11(16)3-2-8(7(6-17)9(11)13)12(4-5-12)10(14)15/h2,10,17H,3-6H2,1H3. The normalized spacial score (nSPS) is 31.8. The second kappa shape index (κ2) is 4.02. The summed E-state index contributed by atoms with van der Waals surface area (Å²) in [6.07, 6.45) is -0.306. The van der Waals surface area contributed by atoms with Crippen molar-refractivity contribution >= 4 is 11.6 Å². The van der Waals surface area contributed by atoms with E-state index in [-0.39, 0.29) is 17.0 Å². The highest BCUT2D eigenvalue weighted by atomic mass is 35.5. The predicted molar refractivity (Wildman–Crippen MR) is 59.8 cm³/mol. The molecule has 0 aromatic rings. The summed E-state index contributed by atoms with van der Waals surface area (Å²) in [6, 6.07) is 0. The van der Waals surface area contributed by atoms with Gasteiger partial charge in [0.2, 0.25) is 6.43 Å². The van der Waals surface area contributed by atoms with Gasteiger partial charge in [0.15, 0.2) is 0 Å². The molecule has 0 radical (unpaired) electrons. The Morgan fingerprint density at radius 2 is 2.06 bits per heavy atom. The Morgan fingerprint density at radius 1 is 1.47 bits per heavy atom. The fraction of sp³-hybridized carbons (Fsp3) is 0.667. The summed E-state index contributed by atoms with van der Waals surface area (Å²) in [5, 5.41) is 9.11. The number of hydrogen-bond acceptors (Lipinski definition) is 1. The van der Waals surface area contributed by atoms with Gasteiger partial charge < -0.3 is 5.11 Å². The first-order valence-corrected chi connectivity index (χ1v) is 5.91. The molecule has 17 heavy (non-hydrogen) atoms. The van der Waals surface area contributed by atoms with E-state index in [1.54, 1.807) is 0 Å². The van der Waals surface area contributed by atoms with Crippen molar-refractivity contribution in [3.05, 3.63) is 22.3 Å². The summed E-state index contributed by atoms with van der Waals surface area (Å²) in [4.78, 5) is 0. The first-order chi connectivity index (χ1) is 7.85. The molecule has 0 aromatic heterocycles. The van der Waals surface area contributed by atoms with Gasteiger partial charge in [0.1, 0.15) is 5.67 Å². The molecule has 0 saturated heterocycles. The zero-order chi connectivity index (χ0) is 12.8. The van der Waals surface area contributed by atoms with E-state index in [1.165, 1.54) is 13.0 Å². The lowest BCUT2D eigenvalue weighted by Gasteiger charge is -2.31. The number of aliphatic hydroxyl groups is 1. The molecule has 1 nitrogen and oxygen atoms in total. The molecule has 0 spiro atoms. The third-order valence-electron chi connectivity index (χ3n) is 3.64. The van der Waals surface area contributed by atoms with Crippen molar-refractivity contribution in [3.63, 3.8) is 0 Å². The van der Waals surface area contributed by atoms with E-state index in [0.717, 1.165) is 0 Å². The molecule has 1 saturated carbocycles. The molecule has 0 aliphatic heterocycles. The van der Waals surface area contributed by atoms with Crippen molar-refractivity contribution in [3.8, 4) is 0 Å². The zero-order valence-electron chi connectivity index (χ0n) is 9.44. The van der Waals surface area contributed by atoms with Crippen LogP contribution in [0.15, 0.2) is 22.3 Å². The molecule has 96 valence electrons. The van der Waals surface area contributed by atoms with E-state index in [4.69, 9.17) is 11.6 Å². The minimum Gasteiger partial charge on any atom is -0.392 e. The molecule has 0 amide bonds. The van der Waals surface area contributed by atoms with E-state index in [1.807, 2.05) is 0 Å². The maximum Gasteiger partial charge on any atom is 0.248 e. The second-order valence-corrected chi connectivity index (χ2v) is 5.30. The lowest BCUT2D eigenvalue weighted by atomic mass is 9.81. The van der Waals surface area contributed by atoms with Gasteiger partial charge in [0.25, 0.3) is 0 Å². The van der Waals surface area contributed by atoms with E-state index < -0.39 is 24.1 Å². The van der Waals surface area contributed by atoms with Gasteiger partial charge in [-0.2, -0.15) is 0 Å². The minimum atomic E-state index is -2.50. The first kappa shape index (κ1) is 13.0. The summed E-state index contributed by atoms with van der Waals surface area (Å²) in [7, 11) is 0. The molecular formula is C12H14ClF3O. The van der Waals surface area contributed by atoms with Crippen LogP contribution in [-0.4, -0.2) is 23.8 Å². The quantitative estimate of drug-likeness (QED) is 0.828. The molecule has 2 aliphatic carbocycles. The molecule has 1 atom stereocenters. The molecule has 2 rings (SSSR count). The van der Waals surface area contributed by atoms with Gasteiger partial charge in [-0.25, -0.2) is 13.2 Å². The van der Waals surface area contributed by atoms with Crippen LogP contribution < -0.4 is 0 Å². The first-order valence-electron chi connectivity index (χ1n) is 5.53. The Hall–Kier alpha value is -0.480.